The molecule has 116 valence electrons. The molecule has 0 fully saturated rings. The summed E-state index contributed by atoms with van der Waals surface area (Å²) in [6.45, 7) is 0. The van der Waals surface area contributed by atoms with Crippen molar-refractivity contribution in [3.05, 3.63) is 64.1 Å². The van der Waals surface area contributed by atoms with Gasteiger partial charge in [-0.05, 0) is 18.2 Å². The Balaban J connectivity index is 1.69. The van der Waals surface area contributed by atoms with Crippen LogP contribution in [-0.4, -0.2) is 26.7 Å². The van der Waals surface area contributed by atoms with Crippen LogP contribution in [0, 0.1) is 0 Å². The molecule has 0 spiro atoms. The van der Waals surface area contributed by atoms with Crippen LogP contribution in [0.15, 0.2) is 53.7 Å². The molecule has 7 heteroatoms. The third kappa shape index (κ3) is 3.93. The molecule has 3 aromatic rings. The lowest BCUT2D eigenvalue weighted by Gasteiger charge is -2.00. The van der Waals surface area contributed by atoms with E-state index in [9.17, 15) is 4.79 Å². The first-order valence-electron chi connectivity index (χ1n) is 6.72. The highest BCUT2D eigenvalue weighted by Crippen LogP contribution is 2.29. The van der Waals surface area contributed by atoms with Crippen LogP contribution in [0.2, 0.25) is 10.0 Å². The van der Waals surface area contributed by atoms with Crippen molar-refractivity contribution in [1.82, 2.24) is 15.2 Å². The van der Waals surface area contributed by atoms with Crippen LogP contribution >= 0.6 is 35.0 Å². The van der Waals surface area contributed by atoms with Gasteiger partial charge in [-0.15, -0.1) is 5.10 Å². The van der Waals surface area contributed by atoms with Crippen molar-refractivity contribution < 1.29 is 4.79 Å². The summed E-state index contributed by atoms with van der Waals surface area (Å²) in [7, 11) is 0. The van der Waals surface area contributed by atoms with E-state index in [1.54, 1.807) is 30.3 Å². The second-order valence-electron chi connectivity index (χ2n) is 4.67. The Morgan fingerprint density at radius 1 is 1.13 bits per heavy atom. The van der Waals surface area contributed by atoms with Gasteiger partial charge in [-0.3, -0.25) is 9.89 Å². The summed E-state index contributed by atoms with van der Waals surface area (Å²) in [5.41, 5.74) is 1.39. The first kappa shape index (κ1) is 16.1. The van der Waals surface area contributed by atoms with E-state index in [1.807, 2.05) is 18.2 Å². The van der Waals surface area contributed by atoms with Gasteiger partial charge < -0.3 is 0 Å². The normalized spacial score (nSPS) is 10.7. The molecule has 0 bridgehead atoms. The number of benzene rings is 2. The van der Waals surface area contributed by atoms with Crippen molar-refractivity contribution >= 4 is 40.7 Å². The summed E-state index contributed by atoms with van der Waals surface area (Å²) >= 11 is 13.3. The van der Waals surface area contributed by atoms with Gasteiger partial charge >= 0.3 is 0 Å². The zero-order valence-electron chi connectivity index (χ0n) is 11.8. The second-order valence-corrected chi connectivity index (χ2v) is 6.45. The Kier molecular flexibility index (Phi) is 5.00. The topological polar surface area (TPSA) is 58.6 Å². The molecule has 0 radical (unpaired) electrons. The molecule has 0 amide bonds. The van der Waals surface area contributed by atoms with Crippen LogP contribution in [0.25, 0.3) is 11.4 Å². The smallest absolute Gasteiger partial charge is 0.209 e. The van der Waals surface area contributed by atoms with E-state index in [0.29, 0.717) is 32.2 Å². The summed E-state index contributed by atoms with van der Waals surface area (Å²) in [6.07, 6.45) is 0. The Hall–Kier alpha value is -1.82. The third-order valence-corrected chi connectivity index (χ3v) is 4.47. The molecule has 0 aliphatic rings. The monoisotopic (exact) mass is 363 g/mol. The molecule has 0 saturated heterocycles. The minimum Gasteiger partial charge on any atom is -0.293 e. The average Bonchev–Trinajstić information content (AvgIpc) is 3.02. The minimum atomic E-state index is 0.0338. The highest BCUT2D eigenvalue weighted by atomic mass is 35.5. The van der Waals surface area contributed by atoms with Crippen molar-refractivity contribution in [2.24, 2.45) is 0 Å². The van der Waals surface area contributed by atoms with Gasteiger partial charge in [-0.25, -0.2) is 4.98 Å². The number of hydrogen-bond donors (Lipinski definition) is 1. The molecule has 0 aliphatic heterocycles. The highest BCUT2D eigenvalue weighted by Gasteiger charge is 2.12. The maximum absolute atomic E-state index is 12.1. The van der Waals surface area contributed by atoms with Crippen molar-refractivity contribution in [1.29, 1.82) is 0 Å². The molecule has 0 saturated carbocycles. The highest BCUT2D eigenvalue weighted by molar-refractivity contribution is 7.99. The first-order valence-corrected chi connectivity index (χ1v) is 8.46. The molecule has 1 aromatic heterocycles. The second kappa shape index (κ2) is 7.17. The molecular weight excluding hydrogens is 353 g/mol. The number of halogens is 2. The maximum atomic E-state index is 12.1. The lowest BCUT2D eigenvalue weighted by molar-refractivity contribution is 0.102. The van der Waals surface area contributed by atoms with Crippen molar-refractivity contribution in [3.8, 4) is 11.4 Å². The summed E-state index contributed by atoms with van der Waals surface area (Å²) in [5, 5.41) is 8.47. The fraction of sp³-hybridized carbons (Fsp3) is 0.0625. The van der Waals surface area contributed by atoms with Crippen molar-refractivity contribution in [3.63, 3.8) is 0 Å². The van der Waals surface area contributed by atoms with E-state index in [1.165, 1.54) is 11.8 Å². The molecule has 2 aromatic carbocycles. The Labute approximate surface area is 147 Å². The van der Waals surface area contributed by atoms with E-state index in [0.717, 1.165) is 0 Å². The van der Waals surface area contributed by atoms with Gasteiger partial charge in [0, 0.05) is 16.1 Å². The average molecular weight is 364 g/mol. The molecule has 0 atom stereocenters. The zero-order valence-corrected chi connectivity index (χ0v) is 14.1. The van der Waals surface area contributed by atoms with Gasteiger partial charge in [0.15, 0.2) is 11.6 Å². The lowest BCUT2D eigenvalue weighted by atomic mass is 10.2. The van der Waals surface area contributed by atoms with Gasteiger partial charge in [0.25, 0.3) is 0 Å². The van der Waals surface area contributed by atoms with Crippen LogP contribution in [0.4, 0.5) is 0 Å². The van der Waals surface area contributed by atoms with Crippen molar-refractivity contribution in [2.75, 3.05) is 5.75 Å². The summed E-state index contributed by atoms with van der Waals surface area (Å²) in [6, 6.07) is 14.3. The van der Waals surface area contributed by atoms with E-state index < -0.39 is 0 Å². The fourth-order valence-electron chi connectivity index (χ4n) is 1.95. The van der Waals surface area contributed by atoms with Gasteiger partial charge in [-0.2, -0.15) is 0 Å². The summed E-state index contributed by atoms with van der Waals surface area (Å²) < 4.78 is 0. The molecule has 1 N–H and O–H groups in total. The molecule has 0 aliphatic carbocycles. The molecule has 1 heterocycles. The first-order chi connectivity index (χ1) is 11.1. The minimum absolute atomic E-state index is 0.0338. The quantitative estimate of drug-likeness (QED) is 0.524. The molecule has 0 unspecified atom stereocenters. The number of aromatic nitrogens is 3. The van der Waals surface area contributed by atoms with E-state index in [2.05, 4.69) is 15.2 Å². The number of nitrogens with zero attached hydrogens (tertiary/aromatic N) is 2. The summed E-state index contributed by atoms with van der Waals surface area (Å²) in [4.78, 5) is 16.4. The van der Waals surface area contributed by atoms with Crippen LogP contribution in [0.5, 0.6) is 0 Å². The van der Waals surface area contributed by atoms with E-state index in [4.69, 9.17) is 23.2 Å². The number of hydrogen-bond acceptors (Lipinski definition) is 4. The summed E-state index contributed by atoms with van der Waals surface area (Å²) in [5.74, 6) is 0.850. The molecular formula is C16H11Cl2N3OS. The largest absolute Gasteiger partial charge is 0.293 e. The van der Waals surface area contributed by atoms with E-state index >= 15 is 0 Å². The number of ketones is 1. The SMILES string of the molecule is O=C(CSc1n[nH]c(-c2ccc(Cl)cc2Cl)n1)c1ccccc1. The molecule has 3 rings (SSSR count). The van der Waals surface area contributed by atoms with Crippen LogP contribution in [0.1, 0.15) is 10.4 Å². The molecule has 4 nitrogen and oxygen atoms in total. The Morgan fingerprint density at radius 2 is 1.91 bits per heavy atom. The number of nitrogens with one attached hydrogen (secondary N) is 1. The lowest BCUT2D eigenvalue weighted by Crippen LogP contribution is -2.01. The van der Waals surface area contributed by atoms with Crippen LogP contribution in [0.3, 0.4) is 0 Å². The number of carbonyl (C=O) groups excluding carboxylic acids is 1. The Bertz CT molecular complexity index is 836. The number of Topliss-reactive ketones (excluding diaryl/α,β-unsaturated/α-hetero) is 1. The number of aromatic amines is 1. The number of carbonyl (C=O) groups is 1. The van der Waals surface area contributed by atoms with Crippen LogP contribution in [-0.2, 0) is 0 Å². The predicted octanol–water partition coefficient (Wildman–Crippen LogP) is 4.75. The van der Waals surface area contributed by atoms with Crippen molar-refractivity contribution in [2.45, 2.75) is 5.16 Å². The fourth-order valence-corrected chi connectivity index (χ4v) is 3.14. The van der Waals surface area contributed by atoms with Gasteiger partial charge in [0.1, 0.15) is 0 Å². The molecule has 23 heavy (non-hydrogen) atoms. The Morgan fingerprint density at radius 3 is 2.65 bits per heavy atom. The third-order valence-electron chi connectivity index (χ3n) is 3.08. The van der Waals surface area contributed by atoms with Gasteiger partial charge in [0.05, 0.1) is 10.8 Å². The van der Waals surface area contributed by atoms with Gasteiger partial charge in [0.2, 0.25) is 5.16 Å². The number of thioether (sulfide) groups is 1. The number of rotatable bonds is 5. The predicted molar refractivity (Wildman–Crippen MR) is 93.3 cm³/mol. The van der Waals surface area contributed by atoms with Crippen LogP contribution < -0.4 is 0 Å². The van der Waals surface area contributed by atoms with Gasteiger partial charge in [-0.1, -0.05) is 65.3 Å². The standard InChI is InChI=1S/C16H11Cl2N3OS/c17-11-6-7-12(13(18)8-11)15-19-16(21-20-15)23-9-14(22)10-4-2-1-3-5-10/h1-8H,9H2,(H,19,20,21). The maximum Gasteiger partial charge on any atom is 0.209 e. The number of H-pyrrole nitrogens is 1. The van der Waals surface area contributed by atoms with E-state index in [-0.39, 0.29) is 11.5 Å². The zero-order chi connectivity index (χ0) is 16.2.